The molecular formula is C22H21FN4O2. The number of oxime groups is 1. The number of carbonyl (C=O) groups excluding carboxylic acids is 1. The largest absolute Gasteiger partial charge is 0.382 e. The van der Waals surface area contributed by atoms with E-state index in [4.69, 9.17) is 4.84 Å². The van der Waals surface area contributed by atoms with E-state index in [1.54, 1.807) is 12.1 Å². The number of para-hydroxylation sites is 1. The van der Waals surface area contributed by atoms with Crippen molar-refractivity contribution < 1.29 is 14.0 Å². The van der Waals surface area contributed by atoms with Crippen LogP contribution in [0.15, 0.2) is 59.8 Å². The highest BCUT2D eigenvalue weighted by Gasteiger charge is 2.29. The molecule has 7 heteroatoms. The topological polar surface area (TPSA) is 68.5 Å². The molecule has 2 heterocycles. The van der Waals surface area contributed by atoms with Crippen LogP contribution in [0.2, 0.25) is 0 Å². The van der Waals surface area contributed by atoms with Crippen molar-refractivity contribution in [2.24, 2.45) is 5.16 Å². The second-order valence-corrected chi connectivity index (χ2v) is 6.96. The quantitative estimate of drug-likeness (QED) is 0.723. The first kappa shape index (κ1) is 18.9. The number of rotatable bonds is 5. The Morgan fingerprint density at radius 2 is 1.90 bits per heavy atom. The summed E-state index contributed by atoms with van der Waals surface area (Å²) in [7, 11) is 0. The number of halogens is 1. The number of hydrogen-bond acceptors (Lipinski definition) is 4. The number of hydrogen-bond donors (Lipinski definition) is 1. The van der Waals surface area contributed by atoms with Crippen molar-refractivity contribution >= 4 is 11.6 Å². The molecule has 4 rings (SSSR count). The van der Waals surface area contributed by atoms with E-state index in [-0.39, 0.29) is 11.7 Å². The standard InChI is InChI=1S/C22H21FN4O2/c1-14-19(15(2)27(25-14)18-6-4-3-5-7-18)13-24-22(28)21-12-20(26-29-21)16-8-10-17(23)11-9-16/h3-11,21H,12-13H2,1-2H3,(H,24,28). The van der Waals surface area contributed by atoms with Gasteiger partial charge >= 0.3 is 0 Å². The number of carbonyl (C=O) groups is 1. The molecule has 148 valence electrons. The van der Waals surface area contributed by atoms with Crippen LogP contribution in [0.25, 0.3) is 5.69 Å². The van der Waals surface area contributed by atoms with Crippen LogP contribution < -0.4 is 5.32 Å². The first-order chi connectivity index (χ1) is 14.0. The van der Waals surface area contributed by atoms with Gasteiger partial charge in [0.05, 0.1) is 17.1 Å². The van der Waals surface area contributed by atoms with Crippen molar-refractivity contribution in [3.05, 3.63) is 82.9 Å². The van der Waals surface area contributed by atoms with Gasteiger partial charge in [-0.25, -0.2) is 9.07 Å². The predicted octanol–water partition coefficient (Wildman–Crippen LogP) is 3.44. The highest BCUT2D eigenvalue weighted by atomic mass is 19.1. The summed E-state index contributed by atoms with van der Waals surface area (Å²) in [4.78, 5) is 17.8. The van der Waals surface area contributed by atoms with Gasteiger partial charge in [-0.3, -0.25) is 4.79 Å². The SMILES string of the molecule is Cc1nn(-c2ccccc2)c(C)c1CNC(=O)C1CC(c2ccc(F)cc2)=NO1. The lowest BCUT2D eigenvalue weighted by Crippen LogP contribution is -2.34. The van der Waals surface area contributed by atoms with Crippen molar-refractivity contribution in [2.75, 3.05) is 0 Å². The van der Waals surface area contributed by atoms with Gasteiger partial charge in [0.1, 0.15) is 5.82 Å². The van der Waals surface area contributed by atoms with Gasteiger partial charge in [-0.05, 0) is 43.7 Å². The van der Waals surface area contributed by atoms with Gasteiger partial charge in [-0.2, -0.15) is 5.10 Å². The Morgan fingerprint density at radius 1 is 1.17 bits per heavy atom. The Kier molecular flexibility index (Phi) is 5.12. The maximum absolute atomic E-state index is 13.1. The third-order valence-electron chi connectivity index (χ3n) is 5.02. The maximum atomic E-state index is 13.1. The fourth-order valence-corrected chi connectivity index (χ4v) is 3.37. The molecule has 6 nitrogen and oxygen atoms in total. The first-order valence-corrected chi connectivity index (χ1v) is 9.40. The van der Waals surface area contributed by atoms with Gasteiger partial charge in [0.2, 0.25) is 6.10 Å². The predicted molar refractivity (Wildman–Crippen MR) is 107 cm³/mol. The molecule has 0 spiro atoms. The summed E-state index contributed by atoms with van der Waals surface area (Å²) >= 11 is 0. The Bertz CT molecular complexity index is 1060. The number of aromatic nitrogens is 2. The Labute approximate surface area is 168 Å². The van der Waals surface area contributed by atoms with Crippen molar-refractivity contribution in [3.63, 3.8) is 0 Å². The van der Waals surface area contributed by atoms with Crippen molar-refractivity contribution in [1.82, 2.24) is 15.1 Å². The van der Waals surface area contributed by atoms with Crippen LogP contribution in [-0.4, -0.2) is 27.5 Å². The average Bonchev–Trinajstić information content (AvgIpc) is 3.33. The molecule has 1 atom stereocenters. The van der Waals surface area contributed by atoms with Crippen LogP contribution in [0.4, 0.5) is 4.39 Å². The smallest absolute Gasteiger partial charge is 0.264 e. The van der Waals surface area contributed by atoms with E-state index in [1.807, 2.05) is 48.9 Å². The number of nitrogens with zero attached hydrogens (tertiary/aromatic N) is 3. The van der Waals surface area contributed by atoms with Gasteiger partial charge in [0.25, 0.3) is 5.91 Å². The molecule has 0 radical (unpaired) electrons. The van der Waals surface area contributed by atoms with Gasteiger partial charge in [0.15, 0.2) is 0 Å². The van der Waals surface area contributed by atoms with Crippen molar-refractivity contribution in [3.8, 4) is 5.69 Å². The van der Waals surface area contributed by atoms with Crippen LogP contribution in [0.5, 0.6) is 0 Å². The van der Waals surface area contributed by atoms with Gasteiger partial charge < -0.3 is 10.2 Å². The normalized spacial score (nSPS) is 15.7. The highest BCUT2D eigenvalue weighted by molar-refractivity contribution is 6.04. The zero-order valence-electron chi connectivity index (χ0n) is 16.2. The second kappa shape index (κ2) is 7.87. The minimum atomic E-state index is -0.695. The first-order valence-electron chi connectivity index (χ1n) is 9.40. The van der Waals surface area contributed by atoms with Gasteiger partial charge in [-0.1, -0.05) is 35.5 Å². The zero-order valence-corrected chi connectivity index (χ0v) is 16.2. The molecule has 0 saturated carbocycles. The van der Waals surface area contributed by atoms with Crippen LogP contribution >= 0.6 is 0 Å². The van der Waals surface area contributed by atoms with E-state index >= 15 is 0 Å². The minimum Gasteiger partial charge on any atom is -0.382 e. The molecular weight excluding hydrogens is 371 g/mol. The number of benzene rings is 2. The monoisotopic (exact) mass is 392 g/mol. The van der Waals surface area contributed by atoms with E-state index in [1.165, 1.54) is 12.1 Å². The molecule has 1 N–H and O–H groups in total. The van der Waals surface area contributed by atoms with E-state index in [0.717, 1.165) is 28.2 Å². The van der Waals surface area contributed by atoms with Crippen LogP contribution in [-0.2, 0) is 16.2 Å². The van der Waals surface area contributed by atoms with Crippen molar-refractivity contribution in [2.45, 2.75) is 32.9 Å². The summed E-state index contributed by atoms with van der Waals surface area (Å²) in [6.07, 6.45) is -0.349. The molecule has 3 aromatic rings. The molecule has 1 aliphatic heterocycles. The number of amides is 1. The second-order valence-electron chi connectivity index (χ2n) is 6.96. The fourth-order valence-electron chi connectivity index (χ4n) is 3.37. The molecule has 0 bridgehead atoms. The molecule has 0 aliphatic carbocycles. The van der Waals surface area contributed by atoms with Crippen molar-refractivity contribution in [1.29, 1.82) is 0 Å². The maximum Gasteiger partial charge on any atom is 0.264 e. The number of aryl methyl sites for hydroxylation is 1. The molecule has 29 heavy (non-hydrogen) atoms. The Balaban J connectivity index is 1.40. The molecule has 1 aliphatic rings. The van der Waals surface area contributed by atoms with Crippen LogP contribution in [0, 0.1) is 19.7 Å². The zero-order chi connectivity index (χ0) is 20.4. The molecule has 1 aromatic heterocycles. The molecule has 1 amide bonds. The fraction of sp³-hybridized carbons (Fsp3) is 0.227. The van der Waals surface area contributed by atoms with Gasteiger partial charge in [0, 0.05) is 24.2 Å². The lowest BCUT2D eigenvalue weighted by Gasteiger charge is -2.10. The minimum absolute atomic E-state index is 0.239. The molecule has 2 aromatic carbocycles. The third kappa shape index (κ3) is 3.89. The summed E-state index contributed by atoms with van der Waals surface area (Å²) in [5, 5.41) is 11.5. The molecule has 0 fully saturated rings. The third-order valence-corrected chi connectivity index (χ3v) is 5.02. The van der Waals surface area contributed by atoms with E-state index in [2.05, 4.69) is 15.6 Å². The van der Waals surface area contributed by atoms with Crippen LogP contribution in [0.1, 0.15) is 28.9 Å². The average molecular weight is 392 g/mol. The van der Waals surface area contributed by atoms with E-state index in [0.29, 0.717) is 18.7 Å². The lowest BCUT2D eigenvalue weighted by molar-refractivity contribution is -0.131. The summed E-state index contributed by atoms with van der Waals surface area (Å²) in [5.74, 6) is -0.554. The Morgan fingerprint density at radius 3 is 2.62 bits per heavy atom. The van der Waals surface area contributed by atoms with E-state index < -0.39 is 6.10 Å². The lowest BCUT2D eigenvalue weighted by atomic mass is 10.0. The number of nitrogens with one attached hydrogen (secondary N) is 1. The van der Waals surface area contributed by atoms with Gasteiger partial charge in [-0.15, -0.1) is 0 Å². The molecule has 1 unspecified atom stereocenters. The van der Waals surface area contributed by atoms with Crippen LogP contribution in [0.3, 0.4) is 0 Å². The summed E-state index contributed by atoms with van der Waals surface area (Å²) in [5.41, 5.74) is 5.17. The Hall–Kier alpha value is -3.48. The van der Waals surface area contributed by atoms with E-state index in [9.17, 15) is 9.18 Å². The highest BCUT2D eigenvalue weighted by Crippen LogP contribution is 2.20. The summed E-state index contributed by atoms with van der Waals surface area (Å²) in [6, 6.07) is 15.8. The molecule has 0 saturated heterocycles. The summed E-state index contributed by atoms with van der Waals surface area (Å²) < 4.78 is 14.9. The summed E-state index contributed by atoms with van der Waals surface area (Å²) in [6.45, 7) is 4.27.